The van der Waals surface area contributed by atoms with E-state index in [1.165, 1.54) is 7.11 Å². The van der Waals surface area contributed by atoms with Gasteiger partial charge >= 0.3 is 0 Å². The van der Waals surface area contributed by atoms with Crippen molar-refractivity contribution in [1.29, 1.82) is 0 Å². The van der Waals surface area contributed by atoms with E-state index >= 15 is 0 Å². The van der Waals surface area contributed by atoms with Crippen LogP contribution in [0.5, 0.6) is 0 Å². The second kappa shape index (κ2) is 7.90. The Hall–Kier alpha value is -2.17. The van der Waals surface area contributed by atoms with Gasteiger partial charge < -0.3 is 15.2 Å². The van der Waals surface area contributed by atoms with Crippen LogP contribution in [-0.4, -0.2) is 36.9 Å². The monoisotopic (exact) mass is 313 g/mol. The number of benzene rings is 2. The summed E-state index contributed by atoms with van der Waals surface area (Å²) in [4.78, 5) is 12.7. The van der Waals surface area contributed by atoms with E-state index < -0.39 is 11.5 Å². The van der Waals surface area contributed by atoms with Gasteiger partial charge in [-0.05, 0) is 18.1 Å². The molecule has 2 N–H and O–H groups in total. The number of nitrogens with one attached hydrogen (secondary N) is 1. The maximum Gasteiger partial charge on any atom is 0.232 e. The zero-order valence-corrected chi connectivity index (χ0v) is 13.5. The number of ether oxygens (including phenoxy) is 1. The molecule has 0 aromatic heterocycles. The minimum absolute atomic E-state index is 0.135. The summed E-state index contributed by atoms with van der Waals surface area (Å²) in [5, 5.41) is 13.0. The van der Waals surface area contributed by atoms with Crippen molar-refractivity contribution in [3.05, 3.63) is 71.8 Å². The molecule has 0 saturated carbocycles. The number of carbonyl (C=O) groups is 1. The Labute approximate surface area is 137 Å². The Morgan fingerprint density at radius 2 is 1.57 bits per heavy atom. The minimum atomic E-state index is -1.09. The summed E-state index contributed by atoms with van der Waals surface area (Å²) in [7, 11) is 1.52. The van der Waals surface area contributed by atoms with Crippen LogP contribution in [0.4, 0.5) is 0 Å². The number of hydrogen-bond donors (Lipinski definition) is 2. The fourth-order valence-electron chi connectivity index (χ4n) is 2.53. The smallest absolute Gasteiger partial charge is 0.232 e. The zero-order valence-electron chi connectivity index (χ0n) is 13.5. The fraction of sp³-hybridized carbons (Fsp3) is 0.316. The second-order valence-electron chi connectivity index (χ2n) is 5.90. The van der Waals surface area contributed by atoms with E-state index in [9.17, 15) is 9.90 Å². The summed E-state index contributed by atoms with van der Waals surface area (Å²) in [6.07, 6.45) is 0. The number of carbonyl (C=O) groups excluding carboxylic acids is 1. The van der Waals surface area contributed by atoms with Crippen LogP contribution in [0.2, 0.25) is 0 Å². The number of aliphatic hydroxyl groups is 1. The van der Waals surface area contributed by atoms with E-state index in [1.807, 2.05) is 60.7 Å². The van der Waals surface area contributed by atoms with Crippen LogP contribution in [0, 0.1) is 0 Å². The van der Waals surface area contributed by atoms with Crippen molar-refractivity contribution in [2.75, 3.05) is 20.3 Å². The Morgan fingerprint density at radius 1 is 1.09 bits per heavy atom. The van der Waals surface area contributed by atoms with Gasteiger partial charge in [0.1, 0.15) is 5.60 Å². The first kappa shape index (κ1) is 17.2. The van der Waals surface area contributed by atoms with E-state index in [2.05, 4.69) is 5.32 Å². The van der Waals surface area contributed by atoms with E-state index in [1.54, 1.807) is 6.92 Å². The molecule has 2 rings (SSSR count). The molecule has 1 amide bonds. The first-order valence-corrected chi connectivity index (χ1v) is 7.62. The molecule has 4 heteroatoms. The highest BCUT2D eigenvalue weighted by molar-refractivity contribution is 5.87. The molecule has 2 aromatic carbocycles. The molecule has 0 radical (unpaired) electrons. The highest BCUT2D eigenvalue weighted by atomic mass is 16.5. The fourth-order valence-corrected chi connectivity index (χ4v) is 2.53. The molecule has 0 spiro atoms. The van der Waals surface area contributed by atoms with Crippen LogP contribution < -0.4 is 5.32 Å². The number of rotatable bonds is 7. The molecule has 2 aromatic rings. The van der Waals surface area contributed by atoms with Gasteiger partial charge in [0.25, 0.3) is 0 Å². The lowest BCUT2D eigenvalue weighted by Crippen LogP contribution is -2.45. The molecule has 0 fully saturated rings. The normalized spacial score (nSPS) is 13.6. The van der Waals surface area contributed by atoms with Gasteiger partial charge in [0.15, 0.2) is 0 Å². The van der Waals surface area contributed by atoms with E-state index in [0.717, 1.165) is 11.1 Å². The zero-order chi connectivity index (χ0) is 16.7. The van der Waals surface area contributed by atoms with Crippen molar-refractivity contribution < 1.29 is 14.6 Å². The van der Waals surface area contributed by atoms with Crippen LogP contribution in [0.25, 0.3) is 0 Å². The van der Waals surface area contributed by atoms with Crippen LogP contribution in [0.1, 0.15) is 24.0 Å². The van der Waals surface area contributed by atoms with Crippen LogP contribution >= 0.6 is 0 Å². The van der Waals surface area contributed by atoms with Crippen LogP contribution in [0.3, 0.4) is 0 Å². The highest BCUT2D eigenvalue weighted by Gasteiger charge is 2.26. The van der Waals surface area contributed by atoms with Crippen molar-refractivity contribution in [3.8, 4) is 0 Å². The molecule has 0 aliphatic carbocycles. The van der Waals surface area contributed by atoms with Crippen LogP contribution in [0.15, 0.2) is 60.7 Å². The molecular formula is C19H23NO3. The van der Waals surface area contributed by atoms with Gasteiger partial charge in [0, 0.05) is 13.7 Å². The SMILES string of the molecule is COCC(C)(O)CNC(=O)C(c1ccccc1)c1ccccc1. The molecule has 1 unspecified atom stereocenters. The lowest BCUT2D eigenvalue weighted by atomic mass is 9.90. The Kier molecular flexibility index (Phi) is 5.90. The van der Waals surface area contributed by atoms with E-state index in [-0.39, 0.29) is 19.1 Å². The topological polar surface area (TPSA) is 58.6 Å². The first-order chi connectivity index (χ1) is 11.0. The maximum atomic E-state index is 12.7. The minimum Gasteiger partial charge on any atom is -0.386 e. The third kappa shape index (κ3) is 4.91. The largest absolute Gasteiger partial charge is 0.386 e. The summed E-state index contributed by atoms with van der Waals surface area (Å²) in [6.45, 7) is 1.93. The number of hydrogen-bond acceptors (Lipinski definition) is 3. The third-order valence-electron chi connectivity index (χ3n) is 3.63. The summed E-state index contributed by atoms with van der Waals surface area (Å²) < 4.78 is 4.97. The molecule has 23 heavy (non-hydrogen) atoms. The molecule has 0 aliphatic heterocycles. The molecular weight excluding hydrogens is 290 g/mol. The number of amides is 1. The average molecular weight is 313 g/mol. The first-order valence-electron chi connectivity index (χ1n) is 7.62. The lowest BCUT2D eigenvalue weighted by molar-refractivity contribution is -0.123. The van der Waals surface area contributed by atoms with E-state index in [4.69, 9.17) is 4.74 Å². The Morgan fingerprint density at radius 3 is 2.00 bits per heavy atom. The highest BCUT2D eigenvalue weighted by Crippen LogP contribution is 2.24. The van der Waals surface area contributed by atoms with Crippen molar-refractivity contribution >= 4 is 5.91 Å². The lowest BCUT2D eigenvalue weighted by Gasteiger charge is -2.25. The molecule has 1 atom stereocenters. The van der Waals surface area contributed by atoms with Crippen molar-refractivity contribution in [2.24, 2.45) is 0 Å². The summed E-state index contributed by atoms with van der Waals surface area (Å²) in [5.41, 5.74) is 0.743. The maximum absolute atomic E-state index is 12.7. The summed E-state index contributed by atoms with van der Waals surface area (Å²) in [5.74, 6) is -0.547. The van der Waals surface area contributed by atoms with Gasteiger partial charge in [0.05, 0.1) is 12.5 Å². The second-order valence-corrected chi connectivity index (χ2v) is 5.90. The molecule has 0 saturated heterocycles. The van der Waals surface area contributed by atoms with Crippen LogP contribution in [-0.2, 0) is 9.53 Å². The molecule has 0 bridgehead atoms. The molecule has 0 aliphatic rings. The molecule has 122 valence electrons. The van der Waals surface area contributed by atoms with Crippen molar-refractivity contribution in [2.45, 2.75) is 18.4 Å². The predicted octanol–water partition coefficient (Wildman–Crippen LogP) is 2.33. The van der Waals surface area contributed by atoms with Crippen molar-refractivity contribution in [1.82, 2.24) is 5.32 Å². The van der Waals surface area contributed by atoms with Gasteiger partial charge in [-0.3, -0.25) is 4.79 Å². The van der Waals surface area contributed by atoms with Crippen molar-refractivity contribution in [3.63, 3.8) is 0 Å². The average Bonchev–Trinajstić information content (AvgIpc) is 2.55. The Bertz CT molecular complexity index is 572. The van der Waals surface area contributed by atoms with Gasteiger partial charge in [-0.25, -0.2) is 0 Å². The standard InChI is InChI=1S/C19H23NO3/c1-19(22,14-23-2)13-20-18(21)17(15-9-5-3-6-10-15)16-11-7-4-8-12-16/h3-12,17,22H,13-14H2,1-2H3,(H,20,21). The van der Waals surface area contributed by atoms with Gasteiger partial charge in [0.2, 0.25) is 5.91 Å². The summed E-state index contributed by atoms with van der Waals surface area (Å²) >= 11 is 0. The van der Waals surface area contributed by atoms with Gasteiger partial charge in [-0.2, -0.15) is 0 Å². The summed E-state index contributed by atoms with van der Waals surface area (Å²) in [6, 6.07) is 19.3. The predicted molar refractivity (Wildman–Crippen MR) is 90.2 cm³/mol. The van der Waals surface area contributed by atoms with Gasteiger partial charge in [-0.15, -0.1) is 0 Å². The Balaban J connectivity index is 2.20. The third-order valence-corrected chi connectivity index (χ3v) is 3.63. The van der Waals surface area contributed by atoms with E-state index in [0.29, 0.717) is 0 Å². The van der Waals surface area contributed by atoms with Gasteiger partial charge in [-0.1, -0.05) is 60.7 Å². The molecule has 4 nitrogen and oxygen atoms in total. The molecule has 0 heterocycles. The quantitative estimate of drug-likeness (QED) is 0.825. The number of methoxy groups -OCH3 is 1.